The SMILES string of the molecule is CC1CCC2C(N)CC(F)CCCCCC12. The molecule has 0 amide bonds. The summed E-state index contributed by atoms with van der Waals surface area (Å²) in [4.78, 5) is 0. The molecule has 0 bridgehead atoms. The quantitative estimate of drug-likeness (QED) is 0.671. The Morgan fingerprint density at radius 3 is 2.50 bits per heavy atom. The summed E-state index contributed by atoms with van der Waals surface area (Å²) in [5, 5.41) is 0. The summed E-state index contributed by atoms with van der Waals surface area (Å²) in [7, 11) is 0. The van der Waals surface area contributed by atoms with E-state index >= 15 is 0 Å². The molecular weight excluding hydrogens is 201 g/mol. The van der Waals surface area contributed by atoms with E-state index in [2.05, 4.69) is 6.92 Å². The first-order valence-electron chi connectivity index (χ1n) is 7.08. The Morgan fingerprint density at radius 1 is 0.938 bits per heavy atom. The van der Waals surface area contributed by atoms with Crippen LogP contribution in [0.4, 0.5) is 4.39 Å². The van der Waals surface area contributed by atoms with Crippen LogP contribution >= 0.6 is 0 Å². The number of fused-ring (bicyclic) bond motifs is 1. The van der Waals surface area contributed by atoms with Gasteiger partial charge in [-0.25, -0.2) is 4.39 Å². The Labute approximate surface area is 99.0 Å². The Balaban J connectivity index is 2.01. The van der Waals surface area contributed by atoms with Crippen molar-refractivity contribution >= 4 is 0 Å². The number of hydrogen-bond acceptors (Lipinski definition) is 1. The smallest absolute Gasteiger partial charge is 0.102 e. The van der Waals surface area contributed by atoms with Gasteiger partial charge in [0.15, 0.2) is 0 Å². The van der Waals surface area contributed by atoms with Crippen molar-refractivity contribution in [1.29, 1.82) is 0 Å². The van der Waals surface area contributed by atoms with E-state index in [4.69, 9.17) is 5.73 Å². The van der Waals surface area contributed by atoms with Crippen molar-refractivity contribution in [2.75, 3.05) is 0 Å². The first-order valence-corrected chi connectivity index (χ1v) is 7.08. The summed E-state index contributed by atoms with van der Waals surface area (Å²) in [6, 6.07) is 0.114. The fourth-order valence-corrected chi connectivity index (χ4v) is 3.85. The molecule has 0 saturated heterocycles. The summed E-state index contributed by atoms with van der Waals surface area (Å²) in [5.41, 5.74) is 6.22. The van der Waals surface area contributed by atoms with Crippen LogP contribution in [-0.4, -0.2) is 12.2 Å². The summed E-state index contributed by atoms with van der Waals surface area (Å²) in [6.07, 6.45) is 8.12. The molecule has 0 radical (unpaired) electrons. The Kier molecular flexibility index (Phi) is 4.23. The topological polar surface area (TPSA) is 26.0 Å². The van der Waals surface area contributed by atoms with Crippen LogP contribution in [0.25, 0.3) is 0 Å². The molecule has 2 rings (SSSR count). The predicted octanol–water partition coefficient (Wildman–Crippen LogP) is 3.67. The highest BCUT2D eigenvalue weighted by molar-refractivity contribution is 4.90. The minimum Gasteiger partial charge on any atom is -0.327 e. The third-order valence-electron chi connectivity index (χ3n) is 4.87. The van der Waals surface area contributed by atoms with Crippen molar-refractivity contribution in [3.05, 3.63) is 0 Å². The molecule has 2 fully saturated rings. The second-order valence-electron chi connectivity index (χ2n) is 6.02. The van der Waals surface area contributed by atoms with Gasteiger partial charge in [0.1, 0.15) is 6.17 Å². The molecule has 94 valence electrons. The summed E-state index contributed by atoms with van der Waals surface area (Å²) in [6.45, 7) is 2.36. The third kappa shape index (κ3) is 2.77. The van der Waals surface area contributed by atoms with Crippen LogP contribution < -0.4 is 5.73 Å². The molecule has 5 atom stereocenters. The van der Waals surface area contributed by atoms with Crippen molar-refractivity contribution in [3.8, 4) is 0 Å². The molecule has 0 heterocycles. The van der Waals surface area contributed by atoms with Gasteiger partial charge in [0.25, 0.3) is 0 Å². The lowest BCUT2D eigenvalue weighted by atomic mass is 9.79. The third-order valence-corrected chi connectivity index (χ3v) is 4.87. The van der Waals surface area contributed by atoms with Gasteiger partial charge in [0, 0.05) is 6.04 Å². The standard InChI is InChI=1S/C14H26FN/c1-10-7-8-13-12(10)6-4-2-3-5-11(15)9-14(13)16/h10-14H,2-9,16H2,1H3. The van der Waals surface area contributed by atoms with Crippen LogP contribution in [0.2, 0.25) is 0 Å². The summed E-state index contributed by atoms with van der Waals surface area (Å²) in [5.74, 6) is 2.19. The first kappa shape index (κ1) is 12.3. The lowest BCUT2D eigenvalue weighted by Crippen LogP contribution is -2.36. The van der Waals surface area contributed by atoms with Gasteiger partial charge in [0.2, 0.25) is 0 Å². The fourth-order valence-electron chi connectivity index (χ4n) is 3.85. The molecule has 0 spiro atoms. The van der Waals surface area contributed by atoms with Crippen molar-refractivity contribution in [2.45, 2.75) is 70.5 Å². The van der Waals surface area contributed by atoms with Gasteiger partial charge in [-0.3, -0.25) is 0 Å². The Hall–Kier alpha value is -0.110. The molecule has 5 unspecified atom stereocenters. The highest BCUT2D eigenvalue weighted by Crippen LogP contribution is 2.42. The molecule has 16 heavy (non-hydrogen) atoms. The fraction of sp³-hybridized carbons (Fsp3) is 1.00. The molecule has 0 aromatic rings. The number of halogens is 1. The van der Waals surface area contributed by atoms with Crippen molar-refractivity contribution < 1.29 is 4.39 Å². The van der Waals surface area contributed by atoms with Crippen molar-refractivity contribution in [3.63, 3.8) is 0 Å². The molecule has 2 N–H and O–H groups in total. The van der Waals surface area contributed by atoms with Crippen LogP contribution in [0.15, 0.2) is 0 Å². The van der Waals surface area contributed by atoms with Crippen LogP contribution in [-0.2, 0) is 0 Å². The molecule has 2 aliphatic carbocycles. The average molecular weight is 227 g/mol. The maximum absolute atomic E-state index is 13.7. The monoisotopic (exact) mass is 227 g/mol. The minimum absolute atomic E-state index is 0.114. The molecule has 2 saturated carbocycles. The maximum atomic E-state index is 13.7. The van der Waals surface area contributed by atoms with Gasteiger partial charge in [-0.05, 0) is 43.4 Å². The maximum Gasteiger partial charge on any atom is 0.102 e. The van der Waals surface area contributed by atoms with Gasteiger partial charge in [-0.15, -0.1) is 0 Å². The molecule has 2 heteroatoms. The molecular formula is C14H26FN. The van der Waals surface area contributed by atoms with Crippen molar-refractivity contribution in [1.82, 2.24) is 0 Å². The highest BCUT2D eigenvalue weighted by atomic mass is 19.1. The second kappa shape index (κ2) is 5.48. The number of rotatable bonds is 0. The average Bonchev–Trinajstić information content (AvgIpc) is 2.59. The minimum atomic E-state index is -0.648. The molecule has 0 aliphatic heterocycles. The lowest BCUT2D eigenvalue weighted by Gasteiger charge is -2.30. The van der Waals surface area contributed by atoms with Crippen LogP contribution in [0.1, 0.15) is 58.3 Å². The second-order valence-corrected chi connectivity index (χ2v) is 6.02. The van der Waals surface area contributed by atoms with E-state index in [1.165, 1.54) is 32.1 Å². The van der Waals surface area contributed by atoms with E-state index in [0.717, 1.165) is 24.7 Å². The van der Waals surface area contributed by atoms with Gasteiger partial charge in [-0.1, -0.05) is 32.6 Å². The van der Waals surface area contributed by atoms with E-state index in [0.29, 0.717) is 12.3 Å². The van der Waals surface area contributed by atoms with E-state index in [-0.39, 0.29) is 6.04 Å². The molecule has 1 nitrogen and oxygen atoms in total. The van der Waals surface area contributed by atoms with Crippen LogP contribution in [0.5, 0.6) is 0 Å². The van der Waals surface area contributed by atoms with Crippen LogP contribution in [0.3, 0.4) is 0 Å². The van der Waals surface area contributed by atoms with Crippen LogP contribution in [0, 0.1) is 17.8 Å². The van der Waals surface area contributed by atoms with Crippen molar-refractivity contribution in [2.24, 2.45) is 23.5 Å². The van der Waals surface area contributed by atoms with E-state index in [1.807, 2.05) is 0 Å². The van der Waals surface area contributed by atoms with E-state index in [1.54, 1.807) is 0 Å². The van der Waals surface area contributed by atoms with Gasteiger partial charge in [-0.2, -0.15) is 0 Å². The predicted molar refractivity (Wildman–Crippen MR) is 66.0 cm³/mol. The molecule has 0 aromatic carbocycles. The zero-order chi connectivity index (χ0) is 11.5. The zero-order valence-electron chi connectivity index (χ0n) is 10.5. The lowest BCUT2D eigenvalue weighted by molar-refractivity contribution is 0.193. The summed E-state index contributed by atoms with van der Waals surface area (Å²) >= 11 is 0. The summed E-state index contributed by atoms with van der Waals surface area (Å²) < 4.78 is 13.7. The van der Waals surface area contributed by atoms with Gasteiger partial charge in [0.05, 0.1) is 0 Å². The molecule has 0 aromatic heterocycles. The highest BCUT2D eigenvalue weighted by Gasteiger charge is 2.37. The Bertz CT molecular complexity index is 219. The number of alkyl halides is 1. The largest absolute Gasteiger partial charge is 0.327 e. The normalized spacial score (nSPS) is 46.3. The van der Waals surface area contributed by atoms with Gasteiger partial charge >= 0.3 is 0 Å². The first-order chi connectivity index (χ1) is 7.68. The van der Waals surface area contributed by atoms with E-state index in [9.17, 15) is 4.39 Å². The number of hydrogen-bond donors (Lipinski definition) is 1. The number of nitrogens with two attached hydrogens (primary N) is 1. The Morgan fingerprint density at radius 2 is 1.69 bits per heavy atom. The van der Waals surface area contributed by atoms with E-state index < -0.39 is 6.17 Å². The molecule has 2 aliphatic rings. The van der Waals surface area contributed by atoms with Gasteiger partial charge < -0.3 is 5.73 Å². The zero-order valence-corrected chi connectivity index (χ0v) is 10.5.